The quantitative estimate of drug-likeness (QED) is 0.412. The van der Waals surface area contributed by atoms with Gasteiger partial charge in [0.1, 0.15) is 0 Å². The van der Waals surface area contributed by atoms with Crippen molar-refractivity contribution < 1.29 is 9.47 Å². The van der Waals surface area contributed by atoms with Gasteiger partial charge < -0.3 is 9.47 Å². The standard InChI is InChI=1S/C27H28N6O2/c1-3-7-21(8-4-1)19-33-27(28-29-30-33)26(23-9-5-2-6-10-23)32-15-13-31(14-16-32)18-22-11-12-24-25(17-22)35-20-34-24/h1-12,17,26H,13-16,18-20H2/t26-/m0/s1. The molecule has 0 amide bonds. The molecule has 6 rings (SSSR count). The SMILES string of the molecule is c1ccc(Cn2nnnc2[C@H](c2ccccc2)N2CCN(Cc3ccc4c(c3)OCO4)CC2)cc1. The molecule has 3 heterocycles. The topological polar surface area (TPSA) is 68.5 Å². The highest BCUT2D eigenvalue weighted by Crippen LogP contribution is 2.33. The fourth-order valence-corrected chi connectivity index (χ4v) is 4.91. The maximum Gasteiger partial charge on any atom is 0.231 e. The largest absolute Gasteiger partial charge is 0.454 e. The van der Waals surface area contributed by atoms with Crippen LogP contribution in [0.1, 0.15) is 28.6 Å². The van der Waals surface area contributed by atoms with Gasteiger partial charge in [-0.25, -0.2) is 4.68 Å². The zero-order valence-corrected chi connectivity index (χ0v) is 19.5. The van der Waals surface area contributed by atoms with Crippen LogP contribution in [-0.4, -0.2) is 63.0 Å². The van der Waals surface area contributed by atoms with Gasteiger partial charge in [-0.1, -0.05) is 66.7 Å². The summed E-state index contributed by atoms with van der Waals surface area (Å²) in [5.41, 5.74) is 3.64. The van der Waals surface area contributed by atoms with Gasteiger partial charge >= 0.3 is 0 Å². The second-order valence-electron chi connectivity index (χ2n) is 8.99. The second-order valence-corrected chi connectivity index (χ2v) is 8.99. The van der Waals surface area contributed by atoms with E-state index >= 15 is 0 Å². The Balaban J connectivity index is 1.19. The Morgan fingerprint density at radius 2 is 1.49 bits per heavy atom. The van der Waals surface area contributed by atoms with Crippen molar-refractivity contribution in [2.45, 2.75) is 19.1 Å². The zero-order chi connectivity index (χ0) is 23.5. The van der Waals surface area contributed by atoms with Crippen LogP contribution < -0.4 is 9.47 Å². The van der Waals surface area contributed by atoms with Crippen molar-refractivity contribution in [2.24, 2.45) is 0 Å². The van der Waals surface area contributed by atoms with Crippen molar-refractivity contribution in [1.82, 2.24) is 30.0 Å². The predicted molar refractivity (Wildman–Crippen MR) is 131 cm³/mol. The minimum atomic E-state index is 0.00241. The first-order valence-electron chi connectivity index (χ1n) is 12.0. The molecule has 35 heavy (non-hydrogen) atoms. The number of benzene rings is 3. The lowest BCUT2D eigenvalue weighted by molar-refractivity contribution is 0.100. The van der Waals surface area contributed by atoms with Crippen molar-refractivity contribution in [2.75, 3.05) is 33.0 Å². The van der Waals surface area contributed by atoms with Gasteiger partial charge in [0, 0.05) is 32.7 Å². The molecule has 2 aliphatic rings. The molecule has 0 bridgehead atoms. The first-order valence-corrected chi connectivity index (χ1v) is 12.0. The third-order valence-corrected chi connectivity index (χ3v) is 6.71. The van der Waals surface area contributed by atoms with Crippen LogP contribution in [0.5, 0.6) is 11.5 Å². The highest BCUT2D eigenvalue weighted by atomic mass is 16.7. The number of tetrazole rings is 1. The molecule has 1 fully saturated rings. The van der Waals surface area contributed by atoms with E-state index in [2.05, 4.69) is 79.9 Å². The summed E-state index contributed by atoms with van der Waals surface area (Å²) in [6.07, 6.45) is 0. The Morgan fingerprint density at radius 1 is 0.743 bits per heavy atom. The molecular weight excluding hydrogens is 440 g/mol. The molecule has 1 saturated heterocycles. The summed E-state index contributed by atoms with van der Waals surface area (Å²) in [5, 5.41) is 12.9. The predicted octanol–water partition coefficient (Wildman–Crippen LogP) is 3.36. The van der Waals surface area contributed by atoms with E-state index in [0.717, 1.165) is 50.0 Å². The number of piperazine rings is 1. The summed E-state index contributed by atoms with van der Waals surface area (Å²) in [5.74, 6) is 2.55. The van der Waals surface area contributed by atoms with Crippen LogP contribution in [0, 0.1) is 0 Å². The van der Waals surface area contributed by atoms with Gasteiger partial charge in [0.15, 0.2) is 17.3 Å². The second kappa shape index (κ2) is 9.85. The molecular formula is C27H28N6O2. The first kappa shape index (κ1) is 21.8. The maximum atomic E-state index is 5.55. The summed E-state index contributed by atoms with van der Waals surface area (Å²) >= 11 is 0. The van der Waals surface area contributed by atoms with Gasteiger partial charge in [-0.05, 0) is 39.2 Å². The maximum absolute atomic E-state index is 5.55. The lowest BCUT2D eigenvalue weighted by Gasteiger charge is -2.39. The molecule has 0 saturated carbocycles. The fraction of sp³-hybridized carbons (Fsp3) is 0.296. The van der Waals surface area contributed by atoms with E-state index in [1.54, 1.807) is 0 Å². The zero-order valence-electron chi connectivity index (χ0n) is 19.5. The third-order valence-electron chi connectivity index (χ3n) is 6.71. The molecule has 0 aliphatic carbocycles. The minimum Gasteiger partial charge on any atom is -0.454 e. The Bertz CT molecular complexity index is 1260. The van der Waals surface area contributed by atoms with Crippen LogP contribution in [0.25, 0.3) is 0 Å². The minimum absolute atomic E-state index is 0.00241. The normalized spacial score (nSPS) is 16.9. The number of fused-ring (bicyclic) bond motifs is 1. The molecule has 0 unspecified atom stereocenters. The van der Waals surface area contributed by atoms with Gasteiger partial charge in [0.05, 0.1) is 12.6 Å². The van der Waals surface area contributed by atoms with E-state index in [1.165, 1.54) is 16.7 Å². The van der Waals surface area contributed by atoms with Crippen molar-refractivity contribution in [1.29, 1.82) is 0 Å². The molecule has 178 valence electrons. The first-order chi connectivity index (χ1) is 17.3. The average molecular weight is 469 g/mol. The molecule has 0 N–H and O–H groups in total. The number of rotatable bonds is 7. The molecule has 0 radical (unpaired) electrons. The van der Waals surface area contributed by atoms with E-state index in [-0.39, 0.29) is 6.04 Å². The molecule has 1 atom stereocenters. The third kappa shape index (κ3) is 4.76. The highest BCUT2D eigenvalue weighted by molar-refractivity contribution is 5.44. The summed E-state index contributed by atoms with van der Waals surface area (Å²) in [4.78, 5) is 4.99. The van der Waals surface area contributed by atoms with E-state index in [4.69, 9.17) is 9.47 Å². The Kier molecular flexibility index (Phi) is 6.13. The summed E-state index contributed by atoms with van der Waals surface area (Å²) in [7, 11) is 0. The Morgan fingerprint density at radius 3 is 2.29 bits per heavy atom. The number of nitrogens with zero attached hydrogens (tertiary/aromatic N) is 6. The number of ether oxygens (including phenoxy) is 2. The van der Waals surface area contributed by atoms with Crippen molar-refractivity contribution in [3.8, 4) is 11.5 Å². The summed E-state index contributed by atoms with van der Waals surface area (Å²) < 4.78 is 12.9. The van der Waals surface area contributed by atoms with E-state index in [9.17, 15) is 0 Å². The van der Waals surface area contributed by atoms with E-state index in [1.807, 2.05) is 28.9 Å². The van der Waals surface area contributed by atoms with Gasteiger partial charge in [-0.3, -0.25) is 9.80 Å². The Labute approximate surface area is 204 Å². The van der Waals surface area contributed by atoms with Gasteiger partial charge in [-0.15, -0.1) is 5.10 Å². The summed E-state index contributed by atoms with van der Waals surface area (Å²) in [6, 6.07) is 27.1. The van der Waals surface area contributed by atoms with Crippen molar-refractivity contribution in [3.05, 3.63) is 101 Å². The lowest BCUT2D eigenvalue weighted by Crippen LogP contribution is -2.48. The smallest absolute Gasteiger partial charge is 0.231 e. The molecule has 3 aromatic carbocycles. The Hall–Kier alpha value is -3.75. The molecule has 1 aromatic heterocycles. The van der Waals surface area contributed by atoms with Gasteiger partial charge in [0.25, 0.3) is 0 Å². The molecule has 8 heteroatoms. The van der Waals surface area contributed by atoms with Crippen molar-refractivity contribution in [3.63, 3.8) is 0 Å². The highest BCUT2D eigenvalue weighted by Gasteiger charge is 2.30. The molecule has 2 aliphatic heterocycles. The lowest BCUT2D eigenvalue weighted by atomic mass is 10.0. The van der Waals surface area contributed by atoms with Crippen molar-refractivity contribution >= 4 is 0 Å². The van der Waals surface area contributed by atoms with Crippen LogP contribution in [0.2, 0.25) is 0 Å². The monoisotopic (exact) mass is 468 g/mol. The van der Waals surface area contributed by atoms with Crippen LogP contribution in [-0.2, 0) is 13.1 Å². The number of aromatic nitrogens is 4. The van der Waals surface area contributed by atoms with Gasteiger partial charge in [-0.2, -0.15) is 0 Å². The van der Waals surface area contributed by atoms with Crippen LogP contribution in [0.15, 0.2) is 78.9 Å². The molecule has 4 aromatic rings. The molecule has 8 nitrogen and oxygen atoms in total. The van der Waals surface area contributed by atoms with E-state index < -0.39 is 0 Å². The van der Waals surface area contributed by atoms with E-state index in [0.29, 0.717) is 13.3 Å². The number of hydrogen-bond donors (Lipinski definition) is 0. The summed E-state index contributed by atoms with van der Waals surface area (Å²) in [6.45, 7) is 5.66. The fourth-order valence-electron chi connectivity index (χ4n) is 4.91. The van der Waals surface area contributed by atoms with Crippen LogP contribution in [0.4, 0.5) is 0 Å². The number of hydrogen-bond acceptors (Lipinski definition) is 7. The van der Waals surface area contributed by atoms with Crippen LogP contribution >= 0.6 is 0 Å². The average Bonchev–Trinajstić information content (AvgIpc) is 3.56. The van der Waals surface area contributed by atoms with Gasteiger partial charge in [0.2, 0.25) is 6.79 Å². The molecule has 0 spiro atoms. The van der Waals surface area contributed by atoms with Crippen LogP contribution in [0.3, 0.4) is 0 Å².